The lowest BCUT2D eigenvalue weighted by Crippen LogP contribution is -2.41. The Labute approximate surface area is 154 Å². The first-order valence-corrected chi connectivity index (χ1v) is 10.00. The summed E-state index contributed by atoms with van der Waals surface area (Å²) in [6.45, 7) is 4.75. The van der Waals surface area contributed by atoms with Gasteiger partial charge in [-0.3, -0.25) is 9.79 Å². The molecule has 24 heavy (non-hydrogen) atoms. The molecular weight excluding hydrogens is 344 g/mol. The minimum atomic E-state index is -0.165. The highest BCUT2D eigenvalue weighted by Gasteiger charge is 2.08. The van der Waals surface area contributed by atoms with E-state index in [-0.39, 0.29) is 5.91 Å². The van der Waals surface area contributed by atoms with Crippen molar-refractivity contribution >= 4 is 35.2 Å². The largest absolute Gasteiger partial charge is 0.357 e. The first kappa shape index (κ1) is 20.6. The van der Waals surface area contributed by atoms with Crippen molar-refractivity contribution < 1.29 is 4.79 Å². The predicted molar refractivity (Wildman–Crippen MR) is 105 cm³/mol. The van der Waals surface area contributed by atoms with Gasteiger partial charge in [-0.15, -0.1) is 0 Å². The Kier molecular flexibility index (Phi) is 11.1. The molecule has 0 atom stereocenters. The molecule has 0 spiro atoms. The van der Waals surface area contributed by atoms with Gasteiger partial charge in [0.15, 0.2) is 5.96 Å². The number of aliphatic imine (C=N–C) groups is 1. The van der Waals surface area contributed by atoms with E-state index in [4.69, 9.17) is 11.6 Å². The Morgan fingerprint density at radius 2 is 1.92 bits per heavy atom. The molecule has 0 radical (unpaired) electrons. The highest BCUT2D eigenvalue weighted by molar-refractivity contribution is 7.98. The fourth-order valence-corrected chi connectivity index (χ4v) is 2.70. The van der Waals surface area contributed by atoms with Gasteiger partial charge in [-0.2, -0.15) is 11.8 Å². The van der Waals surface area contributed by atoms with E-state index in [1.54, 1.807) is 24.3 Å². The maximum Gasteiger partial charge on any atom is 0.252 e. The summed E-state index contributed by atoms with van der Waals surface area (Å²) in [5.41, 5.74) is 0.494. The van der Waals surface area contributed by atoms with Crippen molar-refractivity contribution in [3.63, 3.8) is 0 Å². The third-order valence-corrected chi connectivity index (χ3v) is 4.22. The van der Waals surface area contributed by atoms with E-state index in [0.29, 0.717) is 23.7 Å². The lowest BCUT2D eigenvalue weighted by molar-refractivity contribution is 0.0954. The zero-order valence-electron chi connectivity index (χ0n) is 14.4. The molecule has 0 aromatic heterocycles. The third kappa shape index (κ3) is 8.45. The highest BCUT2D eigenvalue weighted by Crippen LogP contribution is 2.14. The Morgan fingerprint density at radius 1 is 1.17 bits per heavy atom. The fraction of sp³-hybridized carbons (Fsp3) is 0.529. The number of amides is 1. The molecule has 0 unspecified atom stereocenters. The maximum atomic E-state index is 12.0. The molecular formula is C17H27ClN4OS. The number of halogens is 1. The summed E-state index contributed by atoms with van der Waals surface area (Å²) in [4.78, 5) is 16.6. The number of carbonyl (C=O) groups is 1. The molecule has 0 fully saturated rings. The van der Waals surface area contributed by atoms with E-state index in [1.807, 2.05) is 18.7 Å². The average molecular weight is 371 g/mol. The number of hydrogen-bond donors (Lipinski definition) is 3. The van der Waals surface area contributed by atoms with Crippen molar-refractivity contribution in [3.05, 3.63) is 34.9 Å². The number of thioether (sulfide) groups is 1. The van der Waals surface area contributed by atoms with Crippen LogP contribution < -0.4 is 16.0 Å². The van der Waals surface area contributed by atoms with Gasteiger partial charge in [0.25, 0.3) is 5.91 Å². The van der Waals surface area contributed by atoms with Crippen LogP contribution in [0, 0.1) is 0 Å². The Bertz CT molecular complexity index is 525. The summed E-state index contributed by atoms with van der Waals surface area (Å²) >= 11 is 7.87. The molecule has 0 heterocycles. The number of unbranched alkanes of at least 4 members (excludes halogenated alkanes) is 1. The number of benzene rings is 1. The third-order valence-electron chi connectivity index (χ3n) is 3.19. The van der Waals surface area contributed by atoms with Gasteiger partial charge < -0.3 is 16.0 Å². The lowest BCUT2D eigenvalue weighted by Gasteiger charge is -2.12. The molecule has 0 saturated heterocycles. The molecule has 1 rings (SSSR count). The van der Waals surface area contributed by atoms with Crippen LogP contribution in [0.4, 0.5) is 0 Å². The summed E-state index contributed by atoms with van der Waals surface area (Å²) in [6.07, 6.45) is 4.38. The van der Waals surface area contributed by atoms with Crippen molar-refractivity contribution in [2.75, 3.05) is 38.2 Å². The number of nitrogens with one attached hydrogen (secondary N) is 3. The molecule has 1 aromatic rings. The fourth-order valence-electron chi connectivity index (χ4n) is 1.99. The molecule has 0 aliphatic heterocycles. The van der Waals surface area contributed by atoms with Crippen molar-refractivity contribution in [2.24, 2.45) is 4.99 Å². The minimum Gasteiger partial charge on any atom is -0.357 e. The van der Waals surface area contributed by atoms with Gasteiger partial charge in [0.1, 0.15) is 0 Å². The number of guanidine groups is 1. The van der Waals surface area contributed by atoms with Crippen LogP contribution in [0.25, 0.3) is 0 Å². The maximum absolute atomic E-state index is 12.0. The highest BCUT2D eigenvalue weighted by atomic mass is 35.5. The van der Waals surface area contributed by atoms with E-state index in [0.717, 1.165) is 25.5 Å². The molecule has 5 nitrogen and oxygen atoms in total. The normalized spacial score (nSPS) is 11.2. The van der Waals surface area contributed by atoms with Gasteiger partial charge in [-0.05, 0) is 43.9 Å². The summed E-state index contributed by atoms with van der Waals surface area (Å²) in [5, 5.41) is 9.73. The summed E-state index contributed by atoms with van der Waals surface area (Å²) in [6, 6.07) is 7.03. The average Bonchev–Trinajstić information content (AvgIpc) is 2.58. The molecule has 0 saturated carbocycles. The van der Waals surface area contributed by atoms with Gasteiger partial charge >= 0.3 is 0 Å². The van der Waals surface area contributed by atoms with Crippen molar-refractivity contribution in [1.29, 1.82) is 0 Å². The Morgan fingerprint density at radius 3 is 2.62 bits per heavy atom. The summed E-state index contributed by atoms with van der Waals surface area (Å²) < 4.78 is 0. The van der Waals surface area contributed by atoms with Crippen LogP contribution in [0.15, 0.2) is 29.3 Å². The smallest absolute Gasteiger partial charge is 0.252 e. The monoisotopic (exact) mass is 370 g/mol. The van der Waals surface area contributed by atoms with E-state index in [2.05, 4.69) is 27.2 Å². The van der Waals surface area contributed by atoms with Crippen LogP contribution in [-0.2, 0) is 0 Å². The second-order valence-corrected chi connectivity index (χ2v) is 6.52. The Hall–Kier alpha value is -1.40. The molecule has 0 aliphatic carbocycles. The van der Waals surface area contributed by atoms with E-state index < -0.39 is 0 Å². The summed E-state index contributed by atoms with van der Waals surface area (Å²) in [7, 11) is 0. The van der Waals surface area contributed by atoms with E-state index in [9.17, 15) is 4.79 Å². The zero-order chi connectivity index (χ0) is 17.6. The van der Waals surface area contributed by atoms with Crippen LogP contribution in [0.5, 0.6) is 0 Å². The Balaban J connectivity index is 2.30. The SMILES string of the molecule is CCNC(=NCCCCSC)NCCNC(=O)c1ccccc1Cl. The van der Waals surface area contributed by atoms with E-state index in [1.165, 1.54) is 12.2 Å². The second kappa shape index (κ2) is 13.0. The number of nitrogens with zero attached hydrogens (tertiary/aromatic N) is 1. The zero-order valence-corrected chi connectivity index (χ0v) is 16.0. The number of hydrogen-bond acceptors (Lipinski definition) is 3. The molecule has 0 bridgehead atoms. The van der Waals surface area contributed by atoms with Crippen LogP contribution in [0.3, 0.4) is 0 Å². The lowest BCUT2D eigenvalue weighted by atomic mass is 10.2. The molecule has 3 N–H and O–H groups in total. The first-order valence-electron chi connectivity index (χ1n) is 8.22. The van der Waals surface area contributed by atoms with Gasteiger partial charge in [0.05, 0.1) is 10.6 Å². The van der Waals surface area contributed by atoms with Gasteiger partial charge in [0.2, 0.25) is 0 Å². The van der Waals surface area contributed by atoms with Crippen LogP contribution >= 0.6 is 23.4 Å². The predicted octanol–water partition coefficient (Wildman–Crippen LogP) is 2.77. The van der Waals surface area contributed by atoms with Crippen molar-refractivity contribution in [3.8, 4) is 0 Å². The van der Waals surface area contributed by atoms with Crippen LogP contribution in [0.2, 0.25) is 5.02 Å². The molecule has 134 valence electrons. The summed E-state index contributed by atoms with van der Waals surface area (Å²) in [5.74, 6) is 1.79. The number of rotatable bonds is 10. The van der Waals surface area contributed by atoms with Crippen LogP contribution in [-0.4, -0.2) is 50.1 Å². The van der Waals surface area contributed by atoms with Gasteiger partial charge in [0, 0.05) is 26.2 Å². The minimum absolute atomic E-state index is 0.165. The van der Waals surface area contributed by atoms with Crippen molar-refractivity contribution in [1.82, 2.24) is 16.0 Å². The molecule has 1 amide bonds. The molecule has 0 aliphatic rings. The van der Waals surface area contributed by atoms with Crippen molar-refractivity contribution in [2.45, 2.75) is 19.8 Å². The molecule has 7 heteroatoms. The quantitative estimate of drug-likeness (QED) is 0.336. The second-order valence-electron chi connectivity index (χ2n) is 5.12. The van der Waals surface area contributed by atoms with E-state index >= 15 is 0 Å². The van der Waals surface area contributed by atoms with Gasteiger partial charge in [-0.25, -0.2) is 0 Å². The number of carbonyl (C=O) groups excluding carboxylic acids is 1. The topological polar surface area (TPSA) is 65.5 Å². The first-order chi connectivity index (χ1) is 11.7. The van der Waals surface area contributed by atoms with Gasteiger partial charge in [-0.1, -0.05) is 23.7 Å². The standard InChI is InChI=1S/C17H27ClN4OS/c1-3-19-17(21-10-6-7-13-24-2)22-12-11-20-16(23)14-8-4-5-9-15(14)18/h4-5,8-9H,3,6-7,10-13H2,1-2H3,(H,20,23)(H2,19,21,22). The molecule has 1 aromatic carbocycles. The van der Waals surface area contributed by atoms with Crippen LogP contribution in [0.1, 0.15) is 30.1 Å².